The Balaban J connectivity index is 1.31. The molecule has 3 aliphatic rings. The molecule has 148 valence electrons. The van der Waals surface area contributed by atoms with Crippen LogP contribution in [0.3, 0.4) is 0 Å². The highest BCUT2D eigenvalue weighted by Crippen LogP contribution is 2.41. The highest BCUT2D eigenvalue weighted by atomic mass is 16.5. The average Bonchev–Trinajstić information content (AvgIpc) is 3.00. The second-order valence-electron chi connectivity index (χ2n) is 8.79. The summed E-state index contributed by atoms with van der Waals surface area (Å²) in [5, 5.41) is 3.46. The van der Waals surface area contributed by atoms with Gasteiger partial charge in [-0.25, -0.2) is 0 Å². The highest BCUT2D eigenvalue weighted by Gasteiger charge is 2.46. The molecule has 1 spiro atoms. The van der Waals surface area contributed by atoms with Crippen LogP contribution in [0.1, 0.15) is 37.7 Å². The van der Waals surface area contributed by atoms with Crippen molar-refractivity contribution in [2.24, 2.45) is 5.41 Å². The molecule has 0 radical (unpaired) electrons. The fraction of sp³-hybridized carbons (Fsp3) is 0.682. The molecule has 1 amide bonds. The smallest absolute Gasteiger partial charge is 0.239 e. The zero-order valence-electron chi connectivity index (χ0n) is 16.7. The summed E-state index contributed by atoms with van der Waals surface area (Å²) < 4.78 is 6.20. The topological polar surface area (TPSA) is 44.8 Å². The van der Waals surface area contributed by atoms with E-state index in [9.17, 15) is 4.79 Å². The molecule has 3 aliphatic heterocycles. The van der Waals surface area contributed by atoms with Crippen LogP contribution in [0.4, 0.5) is 0 Å². The summed E-state index contributed by atoms with van der Waals surface area (Å²) in [5.74, 6) is 1.31. The fourth-order valence-electron chi connectivity index (χ4n) is 5.14. The van der Waals surface area contributed by atoms with Crippen molar-refractivity contribution >= 4 is 5.91 Å². The molecule has 27 heavy (non-hydrogen) atoms. The number of carbonyl (C=O) groups is 1. The Labute approximate surface area is 163 Å². The van der Waals surface area contributed by atoms with Crippen molar-refractivity contribution in [3.05, 3.63) is 29.8 Å². The Morgan fingerprint density at radius 2 is 1.89 bits per heavy atom. The SMILES string of the molecule is Cc1ccccc1OC1CCN(C(=O)[C@H]2CC3(CCNCC3)CN2C)CC1. The van der Waals surface area contributed by atoms with Gasteiger partial charge >= 0.3 is 0 Å². The first-order valence-electron chi connectivity index (χ1n) is 10.5. The maximum Gasteiger partial charge on any atom is 0.239 e. The van der Waals surface area contributed by atoms with Gasteiger partial charge in [-0.1, -0.05) is 18.2 Å². The lowest BCUT2D eigenvalue weighted by molar-refractivity contribution is -0.137. The molecular formula is C22H33N3O2. The minimum absolute atomic E-state index is 0.0666. The number of nitrogens with one attached hydrogen (secondary N) is 1. The molecule has 3 saturated heterocycles. The van der Waals surface area contributed by atoms with Crippen molar-refractivity contribution < 1.29 is 9.53 Å². The lowest BCUT2D eigenvalue weighted by atomic mass is 9.77. The van der Waals surface area contributed by atoms with E-state index in [0.29, 0.717) is 11.3 Å². The monoisotopic (exact) mass is 371 g/mol. The number of hydrogen-bond acceptors (Lipinski definition) is 4. The van der Waals surface area contributed by atoms with Gasteiger partial charge in [0.25, 0.3) is 0 Å². The minimum atomic E-state index is 0.0666. The van der Waals surface area contributed by atoms with E-state index < -0.39 is 0 Å². The Bertz CT molecular complexity index is 663. The fourth-order valence-corrected chi connectivity index (χ4v) is 5.14. The lowest BCUT2D eigenvalue weighted by Crippen LogP contribution is -2.48. The number of amides is 1. The first-order valence-corrected chi connectivity index (χ1v) is 10.5. The normalized spacial score (nSPS) is 26.4. The summed E-state index contributed by atoms with van der Waals surface area (Å²) in [7, 11) is 2.13. The average molecular weight is 372 g/mol. The Hall–Kier alpha value is -1.59. The van der Waals surface area contributed by atoms with Gasteiger partial charge in [-0.15, -0.1) is 0 Å². The highest BCUT2D eigenvalue weighted by molar-refractivity contribution is 5.82. The van der Waals surface area contributed by atoms with Gasteiger partial charge in [-0.05, 0) is 63.4 Å². The number of nitrogens with zero attached hydrogens (tertiary/aromatic N) is 2. The van der Waals surface area contributed by atoms with E-state index in [0.717, 1.165) is 57.7 Å². The summed E-state index contributed by atoms with van der Waals surface area (Å²) >= 11 is 0. The van der Waals surface area contributed by atoms with E-state index in [1.54, 1.807) is 0 Å². The number of para-hydroxylation sites is 1. The maximum absolute atomic E-state index is 13.2. The van der Waals surface area contributed by atoms with Crippen LogP contribution in [0.5, 0.6) is 5.75 Å². The molecule has 5 heteroatoms. The molecule has 3 fully saturated rings. The molecule has 3 heterocycles. The van der Waals surface area contributed by atoms with Crippen LogP contribution in [0, 0.1) is 12.3 Å². The van der Waals surface area contributed by atoms with E-state index in [1.165, 1.54) is 18.4 Å². The molecule has 1 N–H and O–H groups in total. The second kappa shape index (κ2) is 7.80. The molecule has 0 bridgehead atoms. The van der Waals surface area contributed by atoms with Gasteiger partial charge in [0.15, 0.2) is 0 Å². The summed E-state index contributed by atoms with van der Waals surface area (Å²) in [5.41, 5.74) is 1.53. The number of ether oxygens (including phenoxy) is 1. The maximum atomic E-state index is 13.2. The molecule has 5 nitrogen and oxygen atoms in total. The molecule has 1 atom stereocenters. The summed E-state index contributed by atoms with van der Waals surface area (Å²) in [6.45, 7) is 6.97. The van der Waals surface area contributed by atoms with Gasteiger partial charge in [0.05, 0.1) is 6.04 Å². The first-order chi connectivity index (χ1) is 13.1. The van der Waals surface area contributed by atoms with Crippen LogP contribution < -0.4 is 10.1 Å². The number of carbonyl (C=O) groups excluding carboxylic acids is 1. The molecule has 0 saturated carbocycles. The van der Waals surface area contributed by atoms with Crippen molar-refractivity contribution in [2.75, 3.05) is 39.8 Å². The molecule has 0 unspecified atom stereocenters. The van der Waals surface area contributed by atoms with Crippen LogP contribution in [0.25, 0.3) is 0 Å². The Morgan fingerprint density at radius 1 is 1.19 bits per heavy atom. The number of piperidine rings is 2. The van der Waals surface area contributed by atoms with Gasteiger partial charge in [-0.2, -0.15) is 0 Å². The zero-order chi connectivity index (χ0) is 18.9. The minimum Gasteiger partial charge on any atom is -0.490 e. The number of rotatable bonds is 3. The zero-order valence-corrected chi connectivity index (χ0v) is 16.7. The van der Waals surface area contributed by atoms with Crippen molar-refractivity contribution in [2.45, 2.75) is 51.2 Å². The number of aryl methyl sites for hydroxylation is 1. The van der Waals surface area contributed by atoms with Crippen LogP contribution >= 0.6 is 0 Å². The second-order valence-corrected chi connectivity index (χ2v) is 8.79. The summed E-state index contributed by atoms with van der Waals surface area (Å²) in [6, 6.07) is 8.25. The lowest BCUT2D eigenvalue weighted by Gasteiger charge is -2.35. The third-order valence-electron chi connectivity index (χ3n) is 6.83. The van der Waals surface area contributed by atoms with E-state index in [2.05, 4.69) is 35.2 Å². The van der Waals surface area contributed by atoms with Gasteiger partial charge < -0.3 is 15.0 Å². The van der Waals surface area contributed by atoms with Crippen molar-refractivity contribution in [3.8, 4) is 5.75 Å². The van der Waals surface area contributed by atoms with Crippen LogP contribution in [0.15, 0.2) is 24.3 Å². The van der Waals surface area contributed by atoms with Gasteiger partial charge in [-0.3, -0.25) is 9.69 Å². The Kier molecular flexibility index (Phi) is 5.42. The van der Waals surface area contributed by atoms with E-state index in [-0.39, 0.29) is 12.1 Å². The predicted octanol–water partition coefficient (Wildman–Crippen LogP) is 2.44. The van der Waals surface area contributed by atoms with E-state index >= 15 is 0 Å². The van der Waals surface area contributed by atoms with Gasteiger partial charge in [0, 0.05) is 32.5 Å². The van der Waals surface area contributed by atoms with Gasteiger partial charge in [0.1, 0.15) is 11.9 Å². The van der Waals surface area contributed by atoms with Crippen LogP contribution in [-0.4, -0.2) is 67.6 Å². The van der Waals surface area contributed by atoms with Crippen molar-refractivity contribution in [1.29, 1.82) is 0 Å². The van der Waals surface area contributed by atoms with Crippen LogP contribution in [-0.2, 0) is 4.79 Å². The van der Waals surface area contributed by atoms with Gasteiger partial charge in [0.2, 0.25) is 5.91 Å². The molecule has 1 aromatic carbocycles. The third-order valence-corrected chi connectivity index (χ3v) is 6.83. The predicted molar refractivity (Wildman–Crippen MR) is 107 cm³/mol. The van der Waals surface area contributed by atoms with E-state index in [4.69, 9.17) is 4.74 Å². The standard InChI is InChI=1S/C22H33N3O2/c1-17-5-3-4-6-20(17)27-18-7-13-25(14-8-18)21(26)19-15-22(16-24(19)2)9-11-23-12-10-22/h3-6,18-19,23H,7-16H2,1-2H3/t19-/m1/s1. The molecule has 0 aliphatic carbocycles. The molecule has 1 aromatic rings. The Morgan fingerprint density at radius 3 is 2.59 bits per heavy atom. The molecule has 0 aromatic heterocycles. The summed E-state index contributed by atoms with van der Waals surface area (Å²) in [6.07, 6.45) is 5.49. The molecule has 4 rings (SSSR count). The van der Waals surface area contributed by atoms with E-state index in [1.807, 2.05) is 18.2 Å². The quantitative estimate of drug-likeness (QED) is 0.886. The number of likely N-dealkylation sites (tertiary alicyclic amines) is 2. The largest absolute Gasteiger partial charge is 0.490 e. The third kappa shape index (κ3) is 3.99. The number of likely N-dealkylation sites (N-methyl/N-ethyl adjacent to an activating group) is 1. The number of hydrogen-bond donors (Lipinski definition) is 1. The van der Waals surface area contributed by atoms with Crippen molar-refractivity contribution in [3.63, 3.8) is 0 Å². The first kappa shape index (κ1) is 18.8. The number of benzene rings is 1. The summed E-state index contributed by atoms with van der Waals surface area (Å²) in [4.78, 5) is 17.6. The molecular weight excluding hydrogens is 338 g/mol. The van der Waals surface area contributed by atoms with Crippen LogP contribution in [0.2, 0.25) is 0 Å². The van der Waals surface area contributed by atoms with Crippen molar-refractivity contribution in [1.82, 2.24) is 15.1 Å².